The SMILES string of the molecule is N#Cc1ccccc1CNc1ccc(F)cc1Br. The maximum atomic E-state index is 12.9. The summed E-state index contributed by atoms with van der Waals surface area (Å²) in [6.07, 6.45) is 0. The van der Waals surface area contributed by atoms with Crippen molar-refractivity contribution in [2.24, 2.45) is 0 Å². The molecule has 1 N–H and O–H groups in total. The molecule has 0 unspecified atom stereocenters. The predicted octanol–water partition coefficient (Wildman–Crippen LogP) is 4.07. The minimum atomic E-state index is -0.287. The molecule has 0 aliphatic carbocycles. The van der Waals surface area contributed by atoms with Gasteiger partial charge in [0.2, 0.25) is 0 Å². The van der Waals surface area contributed by atoms with Crippen molar-refractivity contribution in [1.29, 1.82) is 5.26 Å². The van der Waals surface area contributed by atoms with Gasteiger partial charge in [0.15, 0.2) is 0 Å². The highest BCUT2D eigenvalue weighted by Gasteiger charge is 2.03. The molecule has 0 aromatic heterocycles. The van der Waals surface area contributed by atoms with Crippen molar-refractivity contribution < 1.29 is 4.39 Å². The maximum absolute atomic E-state index is 12.9. The van der Waals surface area contributed by atoms with Crippen LogP contribution in [0.4, 0.5) is 10.1 Å². The molecule has 4 heteroatoms. The molecule has 0 aliphatic heterocycles. The summed E-state index contributed by atoms with van der Waals surface area (Å²) in [7, 11) is 0. The van der Waals surface area contributed by atoms with Crippen LogP contribution >= 0.6 is 15.9 Å². The lowest BCUT2D eigenvalue weighted by atomic mass is 10.1. The van der Waals surface area contributed by atoms with E-state index in [9.17, 15) is 4.39 Å². The lowest BCUT2D eigenvalue weighted by Crippen LogP contribution is -2.02. The third-order valence-corrected chi connectivity index (χ3v) is 3.19. The molecule has 0 aliphatic rings. The second-order valence-electron chi connectivity index (χ2n) is 3.75. The monoisotopic (exact) mass is 304 g/mol. The summed E-state index contributed by atoms with van der Waals surface area (Å²) in [4.78, 5) is 0. The molecule has 0 bridgehead atoms. The largest absolute Gasteiger partial charge is 0.380 e. The van der Waals surface area contributed by atoms with Gasteiger partial charge in [0.05, 0.1) is 11.6 Å². The molecule has 0 saturated carbocycles. The van der Waals surface area contributed by atoms with Gasteiger partial charge in [0.1, 0.15) is 5.82 Å². The number of nitrogens with one attached hydrogen (secondary N) is 1. The molecule has 0 atom stereocenters. The van der Waals surface area contributed by atoms with Gasteiger partial charge in [-0.05, 0) is 45.8 Å². The van der Waals surface area contributed by atoms with Crippen LogP contribution in [-0.2, 0) is 6.54 Å². The standard InChI is InChI=1S/C14H10BrFN2/c15-13-7-12(16)5-6-14(13)18-9-11-4-2-1-3-10(11)8-17/h1-7,18H,9H2. The molecule has 2 nitrogen and oxygen atoms in total. The van der Waals surface area contributed by atoms with E-state index in [1.165, 1.54) is 12.1 Å². The molecule has 0 radical (unpaired) electrons. The fourth-order valence-corrected chi connectivity index (χ4v) is 2.10. The minimum absolute atomic E-state index is 0.287. The van der Waals surface area contributed by atoms with E-state index < -0.39 is 0 Å². The fourth-order valence-electron chi connectivity index (χ4n) is 1.61. The normalized spacial score (nSPS) is 9.83. The topological polar surface area (TPSA) is 35.8 Å². The lowest BCUT2D eigenvalue weighted by Gasteiger charge is -2.09. The van der Waals surface area contributed by atoms with E-state index in [0.29, 0.717) is 16.6 Å². The predicted molar refractivity (Wildman–Crippen MR) is 72.6 cm³/mol. The Bertz CT molecular complexity index is 605. The number of hydrogen-bond acceptors (Lipinski definition) is 2. The number of anilines is 1. The first-order chi connectivity index (χ1) is 8.70. The lowest BCUT2D eigenvalue weighted by molar-refractivity contribution is 0.627. The molecule has 18 heavy (non-hydrogen) atoms. The number of nitrogens with zero attached hydrogens (tertiary/aromatic N) is 1. The number of halogens is 2. The van der Waals surface area contributed by atoms with Gasteiger partial charge in [0.25, 0.3) is 0 Å². The quantitative estimate of drug-likeness (QED) is 0.927. The molecular weight excluding hydrogens is 295 g/mol. The summed E-state index contributed by atoms with van der Waals surface area (Å²) in [5.74, 6) is -0.287. The van der Waals surface area contributed by atoms with Gasteiger partial charge in [-0.3, -0.25) is 0 Å². The Morgan fingerprint density at radius 2 is 2.00 bits per heavy atom. The first kappa shape index (κ1) is 12.6. The Balaban J connectivity index is 2.14. The van der Waals surface area contributed by atoms with Crippen molar-refractivity contribution in [3.05, 3.63) is 63.9 Å². The first-order valence-corrected chi connectivity index (χ1v) is 6.17. The van der Waals surface area contributed by atoms with Crippen molar-refractivity contribution in [1.82, 2.24) is 0 Å². The van der Waals surface area contributed by atoms with Crippen molar-refractivity contribution in [2.75, 3.05) is 5.32 Å². The second kappa shape index (κ2) is 5.65. The summed E-state index contributed by atoms with van der Waals surface area (Å²) >= 11 is 3.29. The first-order valence-electron chi connectivity index (χ1n) is 5.37. The smallest absolute Gasteiger partial charge is 0.124 e. The van der Waals surface area contributed by atoms with E-state index in [1.807, 2.05) is 18.2 Å². The molecule has 2 aromatic carbocycles. The average molecular weight is 305 g/mol. The molecular formula is C14H10BrFN2. The van der Waals surface area contributed by atoms with Crippen molar-refractivity contribution in [3.8, 4) is 6.07 Å². The van der Waals surface area contributed by atoms with Crippen LogP contribution in [0.1, 0.15) is 11.1 Å². The molecule has 0 amide bonds. The Morgan fingerprint density at radius 1 is 1.22 bits per heavy atom. The van der Waals surface area contributed by atoms with E-state index >= 15 is 0 Å². The zero-order chi connectivity index (χ0) is 13.0. The van der Waals surface area contributed by atoms with Crippen molar-refractivity contribution in [2.45, 2.75) is 6.54 Å². The molecule has 90 valence electrons. The van der Waals surface area contributed by atoms with Gasteiger partial charge in [-0.2, -0.15) is 5.26 Å². The highest BCUT2D eigenvalue weighted by atomic mass is 79.9. The van der Waals surface area contributed by atoms with Crippen LogP contribution in [0.15, 0.2) is 46.9 Å². The Kier molecular flexibility index (Phi) is 3.96. The van der Waals surface area contributed by atoms with Crippen LogP contribution in [-0.4, -0.2) is 0 Å². The van der Waals surface area contributed by atoms with Gasteiger partial charge in [-0.1, -0.05) is 18.2 Å². The summed E-state index contributed by atoms with van der Waals surface area (Å²) in [6.45, 7) is 0.522. The van der Waals surface area contributed by atoms with E-state index in [1.54, 1.807) is 12.1 Å². The molecule has 2 aromatic rings. The zero-order valence-electron chi connectivity index (χ0n) is 9.45. The zero-order valence-corrected chi connectivity index (χ0v) is 11.0. The van der Waals surface area contributed by atoms with Crippen LogP contribution in [0, 0.1) is 17.1 Å². The second-order valence-corrected chi connectivity index (χ2v) is 4.60. The number of rotatable bonds is 3. The minimum Gasteiger partial charge on any atom is -0.380 e. The maximum Gasteiger partial charge on any atom is 0.124 e. The van der Waals surface area contributed by atoms with E-state index in [4.69, 9.17) is 5.26 Å². The van der Waals surface area contributed by atoms with Crippen LogP contribution < -0.4 is 5.32 Å². The van der Waals surface area contributed by atoms with Gasteiger partial charge in [-0.25, -0.2) is 4.39 Å². The van der Waals surface area contributed by atoms with Gasteiger partial charge < -0.3 is 5.32 Å². The van der Waals surface area contributed by atoms with Crippen LogP contribution in [0.25, 0.3) is 0 Å². The fraction of sp³-hybridized carbons (Fsp3) is 0.0714. The van der Waals surface area contributed by atoms with E-state index in [0.717, 1.165) is 11.3 Å². The Morgan fingerprint density at radius 3 is 2.72 bits per heavy atom. The number of hydrogen-bond donors (Lipinski definition) is 1. The highest BCUT2D eigenvalue weighted by Crippen LogP contribution is 2.23. The van der Waals surface area contributed by atoms with Crippen LogP contribution in [0.3, 0.4) is 0 Å². The van der Waals surface area contributed by atoms with Gasteiger partial charge >= 0.3 is 0 Å². The van der Waals surface area contributed by atoms with Gasteiger partial charge in [-0.15, -0.1) is 0 Å². The summed E-state index contributed by atoms with van der Waals surface area (Å²) in [5.41, 5.74) is 2.35. The van der Waals surface area contributed by atoms with E-state index in [2.05, 4.69) is 27.3 Å². The van der Waals surface area contributed by atoms with Gasteiger partial charge in [0, 0.05) is 16.7 Å². The Labute approximate surface area is 113 Å². The highest BCUT2D eigenvalue weighted by molar-refractivity contribution is 9.10. The molecule has 0 heterocycles. The molecule has 0 fully saturated rings. The van der Waals surface area contributed by atoms with Crippen molar-refractivity contribution in [3.63, 3.8) is 0 Å². The van der Waals surface area contributed by atoms with Crippen molar-refractivity contribution >= 4 is 21.6 Å². The molecule has 2 rings (SSSR count). The average Bonchev–Trinajstić information content (AvgIpc) is 2.38. The number of nitriles is 1. The van der Waals surface area contributed by atoms with Crippen LogP contribution in [0.5, 0.6) is 0 Å². The van der Waals surface area contributed by atoms with E-state index in [-0.39, 0.29) is 5.82 Å². The summed E-state index contributed by atoms with van der Waals surface area (Å²) in [5, 5.41) is 12.1. The third-order valence-electron chi connectivity index (χ3n) is 2.54. The molecule has 0 saturated heterocycles. The Hall–Kier alpha value is -1.86. The van der Waals surface area contributed by atoms with Crippen LogP contribution in [0.2, 0.25) is 0 Å². The summed E-state index contributed by atoms with van der Waals surface area (Å²) < 4.78 is 13.6. The summed E-state index contributed by atoms with van der Waals surface area (Å²) in [6, 6.07) is 14.0. The third kappa shape index (κ3) is 2.88. The number of benzene rings is 2. The molecule has 0 spiro atoms.